The summed E-state index contributed by atoms with van der Waals surface area (Å²) in [5, 5.41) is 3.10. The van der Waals surface area contributed by atoms with Gasteiger partial charge in [0.1, 0.15) is 0 Å². The number of anilines is 1. The van der Waals surface area contributed by atoms with E-state index in [9.17, 15) is 4.79 Å². The van der Waals surface area contributed by atoms with E-state index in [2.05, 4.69) is 29.3 Å². The highest BCUT2D eigenvalue weighted by Crippen LogP contribution is 2.32. The van der Waals surface area contributed by atoms with Gasteiger partial charge in [0, 0.05) is 30.4 Å². The van der Waals surface area contributed by atoms with Crippen molar-refractivity contribution in [1.82, 2.24) is 4.90 Å². The van der Waals surface area contributed by atoms with Gasteiger partial charge in [-0.25, -0.2) is 0 Å². The van der Waals surface area contributed by atoms with Crippen molar-refractivity contribution >= 4 is 11.6 Å². The largest absolute Gasteiger partial charge is 0.379 e. The second-order valence-corrected chi connectivity index (χ2v) is 7.74. The fraction of sp³-hybridized carbons (Fsp3) is 0.650. The van der Waals surface area contributed by atoms with Crippen molar-refractivity contribution in [1.29, 1.82) is 0 Å². The molecule has 1 aliphatic carbocycles. The quantitative estimate of drug-likeness (QED) is 0.880. The Balaban J connectivity index is 1.67. The van der Waals surface area contributed by atoms with Crippen molar-refractivity contribution in [2.75, 3.05) is 31.6 Å². The average Bonchev–Trinajstić information content (AvgIpc) is 2.61. The second-order valence-electron chi connectivity index (χ2n) is 7.74. The topological polar surface area (TPSA) is 67.6 Å². The first-order chi connectivity index (χ1) is 12.0. The van der Waals surface area contributed by atoms with Gasteiger partial charge in [-0.1, -0.05) is 25.0 Å². The van der Waals surface area contributed by atoms with Crippen LogP contribution in [0.5, 0.6) is 0 Å². The third-order valence-corrected chi connectivity index (χ3v) is 5.80. The molecule has 1 heterocycles. The smallest absolute Gasteiger partial charge is 0.229 e. The molecule has 1 saturated carbocycles. The van der Waals surface area contributed by atoms with Crippen LogP contribution in [0.15, 0.2) is 24.3 Å². The van der Waals surface area contributed by atoms with Gasteiger partial charge >= 0.3 is 0 Å². The van der Waals surface area contributed by atoms with E-state index >= 15 is 0 Å². The van der Waals surface area contributed by atoms with Gasteiger partial charge < -0.3 is 15.8 Å². The van der Waals surface area contributed by atoms with Gasteiger partial charge in [-0.05, 0) is 44.4 Å². The molecule has 1 aromatic rings. The summed E-state index contributed by atoms with van der Waals surface area (Å²) >= 11 is 0. The highest BCUT2D eigenvalue weighted by molar-refractivity contribution is 5.93. The van der Waals surface area contributed by atoms with Crippen molar-refractivity contribution in [3.63, 3.8) is 0 Å². The lowest BCUT2D eigenvalue weighted by molar-refractivity contribution is -0.122. The van der Waals surface area contributed by atoms with Gasteiger partial charge in [-0.15, -0.1) is 0 Å². The Kier molecular flexibility index (Phi) is 5.77. The number of carbonyl (C=O) groups is 1. The fourth-order valence-electron chi connectivity index (χ4n) is 4.07. The number of carbonyl (C=O) groups excluding carboxylic acids is 1. The normalized spacial score (nSPS) is 29.2. The molecule has 2 aliphatic rings. The van der Waals surface area contributed by atoms with Crippen LogP contribution in [0.25, 0.3) is 0 Å². The van der Waals surface area contributed by atoms with Gasteiger partial charge in [0.15, 0.2) is 0 Å². The lowest BCUT2D eigenvalue weighted by Gasteiger charge is -2.37. The summed E-state index contributed by atoms with van der Waals surface area (Å²) < 4.78 is 5.44. The van der Waals surface area contributed by atoms with Gasteiger partial charge in [0.25, 0.3) is 0 Å². The lowest BCUT2D eigenvalue weighted by Crippen LogP contribution is -2.51. The van der Waals surface area contributed by atoms with Crippen LogP contribution < -0.4 is 11.1 Å². The SMILES string of the molecule is CC(c1cccc(NC(=O)C2CCCCC2(C)N)c1)N1CCOCC1. The number of morpholine rings is 1. The summed E-state index contributed by atoms with van der Waals surface area (Å²) in [7, 11) is 0. The van der Waals surface area contributed by atoms with Crippen molar-refractivity contribution in [2.24, 2.45) is 11.7 Å². The van der Waals surface area contributed by atoms with Gasteiger partial charge in [-0.3, -0.25) is 9.69 Å². The fourth-order valence-corrected chi connectivity index (χ4v) is 4.07. The molecule has 3 unspecified atom stereocenters. The molecular formula is C20H31N3O2. The van der Waals surface area contributed by atoms with Crippen LogP contribution in [0.1, 0.15) is 51.1 Å². The maximum Gasteiger partial charge on any atom is 0.229 e. The monoisotopic (exact) mass is 345 g/mol. The molecule has 5 heteroatoms. The Morgan fingerprint density at radius 3 is 2.84 bits per heavy atom. The summed E-state index contributed by atoms with van der Waals surface area (Å²) in [6, 6.07) is 8.52. The number of hydrogen-bond donors (Lipinski definition) is 2. The standard InChI is InChI=1S/C20H31N3O2/c1-15(23-10-12-25-13-11-23)16-6-5-7-17(14-16)22-19(24)18-8-3-4-9-20(18,2)21/h5-7,14-15,18H,3-4,8-13,21H2,1-2H3,(H,22,24). The first-order valence-corrected chi connectivity index (χ1v) is 9.49. The van der Waals surface area contributed by atoms with Crippen LogP contribution in [0.2, 0.25) is 0 Å². The van der Waals surface area contributed by atoms with E-state index in [0.717, 1.165) is 57.7 Å². The summed E-state index contributed by atoms with van der Waals surface area (Å²) in [4.78, 5) is 15.2. The number of amides is 1. The summed E-state index contributed by atoms with van der Waals surface area (Å²) in [6.45, 7) is 7.70. The number of ether oxygens (including phenoxy) is 1. The Morgan fingerprint density at radius 1 is 1.36 bits per heavy atom. The molecule has 0 bridgehead atoms. The summed E-state index contributed by atoms with van der Waals surface area (Å²) in [5.74, 6) is -0.0533. The van der Waals surface area contributed by atoms with Gasteiger partial charge in [0.05, 0.1) is 19.1 Å². The van der Waals surface area contributed by atoms with Crippen LogP contribution in [-0.2, 0) is 9.53 Å². The molecule has 3 rings (SSSR count). The number of nitrogens with zero attached hydrogens (tertiary/aromatic N) is 1. The van der Waals surface area contributed by atoms with Crippen molar-refractivity contribution in [3.8, 4) is 0 Å². The lowest BCUT2D eigenvalue weighted by atomic mass is 9.74. The molecule has 138 valence electrons. The number of nitrogens with two attached hydrogens (primary N) is 1. The zero-order chi connectivity index (χ0) is 17.9. The molecular weight excluding hydrogens is 314 g/mol. The zero-order valence-corrected chi connectivity index (χ0v) is 15.5. The van der Waals surface area contributed by atoms with E-state index < -0.39 is 5.54 Å². The number of hydrogen-bond acceptors (Lipinski definition) is 4. The number of benzene rings is 1. The molecule has 3 atom stereocenters. The average molecular weight is 345 g/mol. The Morgan fingerprint density at radius 2 is 2.12 bits per heavy atom. The Labute approximate surface area is 150 Å². The molecule has 1 aliphatic heterocycles. The van der Waals surface area contributed by atoms with Crippen molar-refractivity contribution in [3.05, 3.63) is 29.8 Å². The highest BCUT2D eigenvalue weighted by Gasteiger charge is 2.37. The molecule has 25 heavy (non-hydrogen) atoms. The molecule has 3 N–H and O–H groups in total. The van der Waals surface area contributed by atoms with E-state index in [1.807, 2.05) is 19.1 Å². The first-order valence-electron chi connectivity index (χ1n) is 9.49. The number of rotatable bonds is 4. The van der Waals surface area contributed by atoms with Gasteiger partial charge in [-0.2, -0.15) is 0 Å². The maximum atomic E-state index is 12.7. The van der Waals surface area contributed by atoms with Crippen molar-refractivity contribution in [2.45, 2.75) is 51.1 Å². The highest BCUT2D eigenvalue weighted by atomic mass is 16.5. The molecule has 0 radical (unpaired) electrons. The van der Waals surface area contributed by atoms with Crippen LogP contribution in [0.4, 0.5) is 5.69 Å². The third-order valence-electron chi connectivity index (χ3n) is 5.80. The minimum atomic E-state index is -0.402. The first kappa shape index (κ1) is 18.4. The predicted molar refractivity (Wildman–Crippen MR) is 100 cm³/mol. The molecule has 1 saturated heterocycles. The van der Waals surface area contributed by atoms with E-state index in [0.29, 0.717) is 6.04 Å². The second kappa shape index (κ2) is 7.85. The molecule has 1 aromatic carbocycles. The van der Waals surface area contributed by atoms with E-state index in [-0.39, 0.29) is 11.8 Å². The Hall–Kier alpha value is -1.43. The van der Waals surface area contributed by atoms with E-state index in [4.69, 9.17) is 10.5 Å². The molecule has 2 fully saturated rings. The van der Waals surface area contributed by atoms with Crippen LogP contribution >= 0.6 is 0 Å². The summed E-state index contributed by atoms with van der Waals surface area (Å²) in [6.07, 6.45) is 3.99. The van der Waals surface area contributed by atoms with Gasteiger partial charge in [0.2, 0.25) is 5.91 Å². The minimum absolute atomic E-state index is 0.0564. The zero-order valence-electron chi connectivity index (χ0n) is 15.5. The van der Waals surface area contributed by atoms with Crippen LogP contribution in [0, 0.1) is 5.92 Å². The molecule has 1 amide bonds. The molecule has 0 aromatic heterocycles. The molecule has 0 spiro atoms. The minimum Gasteiger partial charge on any atom is -0.379 e. The summed E-state index contributed by atoms with van der Waals surface area (Å²) in [5.41, 5.74) is 8.06. The maximum absolute atomic E-state index is 12.7. The van der Waals surface area contributed by atoms with Crippen LogP contribution in [0.3, 0.4) is 0 Å². The van der Waals surface area contributed by atoms with Crippen LogP contribution in [-0.4, -0.2) is 42.6 Å². The predicted octanol–water partition coefficient (Wildman–Crippen LogP) is 2.93. The van der Waals surface area contributed by atoms with E-state index in [1.165, 1.54) is 5.56 Å². The number of nitrogens with one attached hydrogen (secondary N) is 1. The Bertz CT molecular complexity index is 596. The van der Waals surface area contributed by atoms with Crippen molar-refractivity contribution < 1.29 is 9.53 Å². The third kappa shape index (κ3) is 4.40. The van der Waals surface area contributed by atoms with E-state index in [1.54, 1.807) is 0 Å². The molecule has 5 nitrogen and oxygen atoms in total.